The Balaban J connectivity index is 1.69. The van der Waals surface area contributed by atoms with Gasteiger partial charge in [-0.3, -0.25) is 9.59 Å². The van der Waals surface area contributed by atoms with Crippen LogP contribution in [0.15, 0.2) is 78.9 Å². The van der Waals surface area contributed by atoms with Gasteiger partial charge in [0.25, 0.3) is 11.8 Å². The maximum Gasteiger partial charge on any atom is 0.258 e. The lowest BCUT2D eigenvalue weighted by atomic mass is 9.98. The molecule has 0 aromatic heterocycles. The number of amides is 2. The summed E-state index contributed by atoms with van der Waals surface area (Å²) in [6.45, 7) is 0.681. The largest absolute Gasteiger partial charge is 0.311 e. The van der Waals surface area contributed by atoms with Crippen LogP contribution in [0, 0.1) is 0 Å². The molecule has 0 spiro atoms. The van der Waals surface area contributed by atoms with Crippen molar-refractivity contribution in [2.45, 2.75) is 12.8 Å². The number of benzene rings is 3. The molecule has 1 aliphatic rings. The first-order valence-electron chi connectivity index (χ1n) is 9.49. The van der Waals surface area contributed by atoms with Gasteiger partial charge in [-0.05, 0) is 54.8 Å². The van der Waals surface area contributed by atoms with Crippen LogP contribution in [0.4, 0.5) is 11.4 Å². The number of hydrogen-bond donors (Lipinski definition) is 0. The number of carbonyl (C=O) groups is 2. The molecule has 2 amide bonds. The summed E-state index contributed by atoms with van der Waals surface area (Å²) in [4.78, 5) is 29.5. The minimum Gasteiger partial charge on any atom is -0.311 e. The Morgan fingerprint density at radius 3 is 2.14 bits per heavy atom. The van der Waals surface area contributed by atoms with Crippen LogP contribution in [0.1, 0.15) is 32.7 Å². The molecule has 0 unspecified atom stereocenters. The van der Waals surface area contributed by atoms with E-state index < -0.39 is 0 Å². The van der Waals surface area contributed by atoms with Crippen molar-refractivity contribution in [1.29, 1.82) is 0 Å². The van der Waals surface area contributed by atoms with Gasteiger partial charge in [0.15, 0.2) is 0 Å². The van der Waals surface area contributed by atoms with Gasteiger partial charge < -0.3 is 9.80 Å². The highest BCUT2D eigenvalue weighted by Crippen LogP contribution is 2.35. The van der Waals surface area contributed by atoms with E-state index in [2.05, 4.69) is 0 Å². The van der Waals surface area contributed by atoms with Crippen LogP contribution in [0.3, 0.4) is 0 Å². The Morgan fingerprint density at radius 1 is 0.821 bits per heavy atom. The number of anilines is 2. The number of hydrogen-bond acceptors (Lipinski definition) is 2. The van der Waals surface area contributed by atoms with Crippen molar-refractivity contribution in [3.63, 3.8) is 0 Å². The van der Waals surface area contributed by atoms with Crippen molar-refractivity contribution in [1.82, 2.24) is 0 Å². The Morgan fingerprint density at radius 2 is 1.46 bits per heavy atom. The first-order chi connectivity index (χ1) is 13.7. The highest BCUT2D eigenvalue weighted by molar-refractivity contribution is 6.09. The second-order valence-corrected chi connectivity index (χ2v) is 6.93. The summed E-state index contributed by atoms with van der Waals surface area (Å²) in [7, 11) is 1.79. The van der Waals surface area contributed by atoms with Gasteiger partial charge in [-0.2, -0.15) is 0 Å². The van der Waals surface area contributed by atoms with Crippen LogP contribution in [0.25, 0.3) is 0 Å². The Hall–Kier alpha value is -3.40. The van der Waals surface area contributed by atoms with Crippen molar-refractivity contribution >= 4 is 23.2 Å². The van der Waals surface area contributed by atoms with Gasteiger partial charge in [-0.25, -0.2) is 0 Å². The quantitative estimate of drug-likeness (QED) is 0.678. The second-order valence-electron chi connectivity index (χ2n) is 6.93. The number of carbonyl (C=O) groups excluding carboxylic acids is 2. The van der Waals surface area contributed by atoms with Crippen LogP contribution in [0.2, 0.25) is 0 Å². The highest BCUT2D eigenvalue weighted by atomic mass is 16.2. The molecule has 1 heterocycles. The molecule has 4 nitrogen and oxygen atoms in total. The van der Waals surface area contributed by atoms with Crippen molar-refractivity contribution in [2.24, 2.45) is 0 Å². The predicted octanol–water partition coefficient (Wildman–Crippen LogP) is 4.56. The van der Waals surface area contributed by atoms with Crippen LogP contribution < -0.4 is 9.80 Å². The molecule has 4 rings (SSSR count). The van der Waals surface area contributed by atoms with Gasteiger partial charge in [0, 0.05) is 36.1 Å². The molecule has 0 N–H and O–H groups in total. The van der Waals surface area contributed by atoms with Gasteiger partial charge in [-0.15, -0.1) is 0 Å². The monoisotopic (exact) mass is 370 g/mol. The lowest BCUT2D eigenvalue weighted by Gasteiger charge is -2.32. The third-order valence-electron chi connectivity index (χ3n) is 5.18. The zero-order chi connectivity index (χ0) is 19.5. The Bertz CT molecular complexity index is 985. The molecule has 4 heteroatoms. The van der Waals surface area contributed by atoms with E-state index in [1.54, 1.807) is 11.9 Å². The molecule has 0 saturated carbocycles. The van der Waals surface area contributed by atoms with Crippen molar-refractivity contribution in [2.75, 3.05) is 23.4 Å². The lowest BCUT2D eigenvalue weighted by Crippen LogP contribution is -2.36. The van der Waals surface area contributed by atoms with Crippen LogP contribution >= 0.6 is 0 Å². The van der Waals surface area contributed by atoms with Gasteiger partial charge >= 0.3 is 0 Å². The molecule has 140 valence electrons. The van der Waals surface area contributed by atoms with Crippen molar-refractivity contribution in [3.05, 3.63) is 95.6 Å². The minimum absolute atomic E-state index is 0.00395. The molecule has 28 heavy (non-hydrogen) atoms. The standard InChI is InChI=1S/C24H22N2O2/c1-25(23(27)18-10-4-2-5-11-18)21-15-8-16-22-20(21)14-9-17-26(22)24(28)19-12-6-3-7-13-19/h2-8,10-13,15-16H,9,14,17H2,1H3. The SMILES string of the molecule is CN(C(=O)c1ccccc1)c1cccc2c1CCCN2C(=O)c1ccccc1. The van der Waals surface area contributed by atoms with Crippen molar-refractivity contribution in [3.8, 4) is 0 Å². The summed E-state index contributed by atoms with van der Waals surface area (Å²) in [5.74, 6) is -0.0590. The van der Waals surface area contributed by atoms with E-state index in [0.29, 0.717) is 17.7 Å². The summed E-state index contributed by atoms with van der Waals surface area (Å²) < 4.78 is 0. The van der Waals surface area contributed by atoms with Gasteiger partial charge in [0.1, 0.15) is 0 Å². The molecular weight excluding hydrogens is 348 g/mol. The molecule has 0 fully saturated rings. The third-order valence-corrected chi connectivity index (χ3v) is 5.18. The van der Waals surface area contributed by atoms with E-state index in [0.717, 1.165) is 29.8 Å². The maximum absolute atomic E-state index is 13.0. The van der Waals surface area contributed by atoms with E-state index in [9.17, 15) is 9.59 Å². The number of nitrogens with zero attached hydrogens (tertiary/aromatic N) is 2. The maximum atomic E-state index is 13.0. The molecule has 3 aromatic carbocycles. The van der Waals surface area contributed by atoms with E-state index in [1.807, 2.05) is 83.8 Å². The number of rotatable bonds is 3. The number of fused-ring (bicyclic) bond motifs is 1. The van der Waals surface area contributed by atoms with Crippen LogP contribution in [-0.2, 0) is 6.42 Å². The third kappa shape index (κ3) is 3.29. The van der Waals surface area contributed by atoms with E-state index >= 15 is 0 Å². The molecular formula is C24H22N2O2. The summed E-state index contributed by atoms with van der Waals surface area (Å²) in [5, 5.41) is 0. The Kier molecular flexibility index (Phi) is 4.94. The average molecular weight is 370 g/mol. The fourth-order valence-corrected chi connectivity index (χ4v) is 3.75. The molecule has 1 aliphatic heterocycles. The van der Waals surface area contributed by atoms with E-state index in [-0.39, 0.29) is 11.8 Å². The molecule has 0 atom stereocenters. The minimum atomic E-state index is -0.0551. The van der Waals surface area contributed by atoms with Crippen LogP contribution in [0.5, 0.6) is 0 Å². The summed E-state index contributed by atoms with van der Waals surface area (Å²) >= 11 is 0. The fourth-order valence-electron chi connectivity index (χ4n) is 3.75. The zero-order valence-corrected chi connectivity index (χ0v) is 15.8. The van der Waals surface area contributed by atoms with Gasteiger partial charge in [0.2, 0.25) is 0 Å². The molecule has 3 aromatic rings. The fraction of sp³-hybridized carbons (Fsp3) is 0.167. The lowest BCUT2D eigenvalue weighted by molar-refractivity contribution is 0.0982. The topological polar surface area (TPSA) is 40.6 Å². The summed E-state index contributed by atoms with van der Waals surface area (Å²) in [6, 6.07) is 24.4. The first-order valence-corrected chi connectivity index (χ1v) is 9.49. The second kappa shape index (κ2) is 7.69. The van der Waals surface area contributed by atoms with Crippen LogP contribution in [-0.4, -0.2) is 25.4 Å². The summed E-state index contributed by atoms with van der Waals surface area (Å²) in [6.07, 6.45) is 1.71. The molecule has 0 radical (unpaired) electrons. The average Bonchev–Trinajstić information content (AvgIpc) is 2.78. The molecule has 0 aliphatic carbocycles. The highest BCUT2D eigenvalue weighted by Gasteiger charge is 2.27. The van der Waals surface area contributed by atoms with Gasteiger partial charge in [-0.1, -0.05) is 42.5 Å². The van der Waals surface area contributed by atoms with Crippen molar-refractivity contribution < 1.29 is 9.59 Å². The predicted molar refractivity (Wildman–Crippen MR) is 112 cm³/mol. The first kappa shape index (κ1) is 18.0. The normalized spacial score (nSPS) is 13.0. The Labute approximate surface area is 165 Å². The zero-order valence-electron chi connectivity index (χ0n) is 15.8. The molecule has 0 bridgehead atoms. The van der Waals surface area contributed by atoms with E-state index in [4.69, 9.17) is 0 Å². The molecule has 0 saturated heterocycles. The van der Waals surface area contributed by atoms with E-state index in [1.165, 1.54) is 0 Å². The smallest absolute Gasteiger partial charge is 0.258 e. The summed E-state index contributed by atoms with van der Waals surface area (Å²) in [5.41, 5.74) is 4.12. The van der Waals surface area contributed by atoms with Gasteiger partial charge in [0.05, 0.1) is 0 Å².